The van der Waals surface area contributed by atoms with Gasteiger partial charge < -0.3 is 14.6 Å². The number of primary amides is 1. The van der Waals surface area contributed by atoms with Crippen molar-refractivity contribution < 1.29 is 22.1 Å². The molecule has 2 atom stereocenters. The van der Waals surface area contributed by atoms with Gasteiger partial charge in [0.2, 0.25) is 15.4 Å². The molecule has 1 radical (unpaired) electrons. The van der Waals surface area contributed by atoms with Crippen LogP contribution >= 0.6 is 0 Å². The van der Waals surface area contributed by atoms with Gasteiger partial charge in [0.15, 0.2) is 8.32 Å². The van der Waals surface area contributed by atoms with E-state index >= 15 is 0 Å². The lowest BCUT2D eigenvalue weighted by molar-refractivity contribution is -0.134. The Morgan fingerprint density at radius 3 is 2.31 bits per heavy atom. The van der Waals surface area contributed by atoms with E-state index in [1.54, 1.807) is 6.42 Å². The number of hydrogen-bond acceptors (Lipinski definition) is 7. The molecule has 2 rings (SSSR count). The molecule has 0 saturated heterocycles. The highest BCUT2D eigenvalue weighted by Gasteiger charge is 2.52. The third-order valence-corrected chi connectivity index (χ3v) is 12.1. The number of rotatable bonds is 10. The van der Waals surface area contributed by atoms with Crippen LogP contribution in [0.1, 0.15) is 78.5 Å². The van der Waals surface area contributed by atoms with Gasteiger partial charge in [-0.15, -0.1) is 5.10 Å². The molecule has 183 valence electrons. The molecule has 10 heteroatoms. The van der Waals surface area contributed by atoms with E-state index in [-0.39, 0.29) is 10.9 Å². The lowest BCUT2D eigenvalue weighted by Gasteiger charge is -2.42. The average molecular weight is 487 g/mol. The normalized spacial score (nSPS) is 19.5. The predicted octanol–water partition coefficient (Wildman–Crippen LogP) is 4.38. The Kier molecular flexibility index (Phi) is 8.37. The van der Waals surface area contributed by atoms with Crippen LogP contribution in [-0.4, -0.2) is 39.1 Å². The van der Waals surface area contributed by atoms with E-state index in [1.807, 2.05) is 33.9 Å². The summed E-state index contributed by atoms with van der Waals surface area (Å²) in [5.41, 5.74) is 4.11. The molecule has 0 bridgehead atoms. The highest BCUT2D eigenvalue weighted by Crippen LogP contribution is 2.44. The Balaban J connectivity index is 2.37. The Hall–Kier alpha value is -1.26. The SMILES string of the molecule is CC(C[CH]C(O[Si](C)(C)C(C)(C)C)(C(N)=O)c1nnc(S(C)(=O)=O)o1)CC1CCCCC1. The van der Waals surface area contributed by atoms with Gasteiger partial charge in [0.1, 0.15) is 0 Å². The molecule has 0 aliphatic heterocycles. The molecule has 1 aliphatic carbocycles. The fourth-order valence-electron chi connectivity index (χ4n) is 3.95. The summed E-state index contributed by atoms with van der Waals surface area (Å²) in [6, 6.07) is 0. The lowest BCUT2D eigenvalue weighted by Crippen LogP contribution is -2.54. The molecule has 1 aliphatic rings. The smallest absolute Gasteiger partial charge is 0.335 e. The zero-order chi connectivity index (χ0) is 24.4. The molecule has 1 saturated carbocycles. The highest BCUT2D eigenvalue weighted by atomic mass is 32.2. The van der Waals surface area contributed by atoms with E-state index < -0.39 is 34.9 Å². The maximum absolute atomic E-state index is 12.9. The van der Waals surface area contributed by atoms with Gasteiger partial charge in [0.25, 0.3) is 11.8 Å². The summed E-state index contributed by atoms with van der Waals surface area (Å²) in [4.78, 5) is 12.9. The number of amides is 1. The summed E-state index contributed by atoms with van der Waals surface area (Å²) in [5, 5.41) is 6.78. The maximum Gasteiger partial charge on any atom is 0.335 e. The number of nitrogens with two attached hydrogens (primary N) is 1. The second-order valence-electron chi connectivity index (χ2n) is 10.9. The standard InChI is InChI=1S/C22H40N3O5SSi/c1-16(15-17-11-9-8-10-12-17)13-14-22(18(23)26,30-32(6,7)21(2,3)4)19-24-25-20(29-19)31(5,27)28/h14,16-17H,8-13,15H2,1-7H3,(H2,23,26). The molecule has 2 N–H and O–H groups in total. The van der Waals surface area contributed by atoms with Crippen LogP contribution in [0.15, 0.2) is 9.64 Å². The van der Waals surface area contributed by atoms with E-state index in [0.29, 0.717) is 18.3 Å². The van der Waals surface area contributed by atoms with Crippen molar-refractivity contribution >= 4 is 24.1 Å². The van der Waals surface area contributed by atoms with Gasteiger partial charge in [-0.25, -0.2) is 8.42 Å². The number of carbonyl (C=O) groups excluding carboxylic acids is 1. The van der Waals surface area contributed by atoms with Crippen LogP contribution in [0.3, 0.4) is 0 Å². The third-order valence-electron chi connectivity index (χ3n) is 6.90. The van der Waals surface area contributed by atoms with Crippen molar-refractivity contribution in [2.45, 2.75) is 102 Å². The number of nitrogens with zero attached hydrogens (tertiary/aromatic N) is 2. The van der Waals surface area contributed by atoms with Crippen LogP contribution in [-0.2, 0) is 24.7 Å². The first kappa shape index (κ1) is 27.0. The second-order valence-corrected chi connectivity index (χ2v) is 17.5. The number of carbonyl (C=O) groups is 1. The van der Waals surface area contributed by atoms with Crippen LogP contribution in [0, 0.1) is 18.3 Å². The molecule has 0 aromatic carbocycles. The van der Waals surface area contributed by atoms with Gasteiger partial charge in [-0.05, 0) is 42.8 Å². The van der Waals surface area contributed by atoms with Gasteiger partial charge in [-0.3, -0.25) is 4.79 Å². The monoisotopic (exact) mass is 486 g/mol. The van der Waals surface area contributed by atoms with E-state index in [1.165, 1.54) is 32.1 Å². The van der Waals surface area contributed by atoms with Crippen molar-refractivity contribution in [3.8, 4) is 0 Å². The zero-order valence-electron chi connectivity index (χ0n) is 20.6. The van der Waals surface area contributed by atoms with E-state index in [4.69, 9.17) is 14.6 Å². The largest absolute Gasteiger partial charge is 0.409 e. The molecule has 8 nitrogen and oxygen atoms in total. The topological polar surface area (TPSA) is 125 Å². The van der Waals surface area contributed by atoms with Crippen molar-refractivity contribution in [1.82, 2.24) is 10.2 Å². The first-order valence-corrected chi connectivity index (χ1v) is 16.3. The summed E-state index contributed by atoms with van der Waals surface area (Å²) in [7, 11) is -6.29. The van der Waals surface area contributed by atoms with Crippen molar-refractivity contribution in [3.05, 3.63) is 12.3 Å². The molecule has 1 amide bonds. The third kappa shape index (κ3) is 6.41. The predicted molar refractivity (Wildman–Crippen MR) is 126 cm³/mol. The minimum Gasteiger partial charge on any atom is -0.409 e. The first-order chi connectivity index (χ1) is 14.6. The number of aromatic nitrogens is 2. The molecule has 1 aromatic heterocycles. The summed E-state index contributed by atoms with van der Waals surface area (Å²) < 4.78 is 35.8. The Morgan fingerprint density at radius 1 is 1.25 bits per heavy atom. The fourth-order valence-corrected chi connectivity index (χ4v) is 5.75. The summed E-state index contributed by atoms with van der Waals surface area (Å²) in [5.74, 6) is -0.00942. The van der Waals surface area contributed by atoms with Crippen LogP contribution < -0.4 is 5.73 Å². The zero-order valence-corrected chi connectivity index (χ0v) is 22.4. The average Bonchev–Trinajstić information content (AvgIpc) is 3.16. The van der Waals surface area contributed by atoms with Crippen molar-refractivity contribution in [2.75, 3.05) is 6.26 Å². The van der Waals surface area contributed by atoms with Crippen molar-refractivity contribution in [1.29, 1.82) is 0 Å². The Labute approximate surface area is 194 Å². The van der Waals surface area contributed by atoms with Gasteiger partial charge in [0.05, 0.1) is 0 Å². The molecule has 2 unspecified atom stereocenters. The summed E-state index contributed by atoms with van der Waals surface area (Å²) >= 11 is 0. The van der Waals surface area contributed by atoms with Crippen LogP contribution in [0.2, 0.25) is 18.1 Å². The highest BCUT2D eigenvalue weighted by molar-refractivity contribution is 7.90. The summed E-state index contributed by atoms with van der Waals surface area (Å²) in [6.45, 7) is 12.3. The van der Waals surface area contributed by atoms with Crippen LogP contribution in [0.5, 0.6) is 0 Å². The second kappa shape index (κ2) is 9.93. The Bertz CT molecular complexity index is 888. The summed E-state index contributed by atoms with van der Waals surface area (Å²) in [6.07, 6.45) is 10.7. The Morgan fingerprint density at radius 2 is 1.84 bits per heavy atom. The van der Waals surface area contributed by atoms with E-state index in [9.17, 15) is 13.2 Å². The fraction of sp³-hybridized carbons (Fsp3) is 0.818. The van der Waals surface area contributed by atoms with Crippen LogP contribution in [0.25, 0.3) is 0 Å². The molecule has 1 heterocycles. The lowest BCUT2D eigenvalue weighted by atomic mass is 9.81. The maximum atomic E-state index is 12.9. The molecule has 1 aromatic rings. The van der Waals surface area contributed by atoms with Crippen molar-refractivity contribution in [3.63, 3.8) is 0 Å². The van der Waals surface area contributed by atoms with Crippen molar-refractivity contribution in [2.24, 2.45) is 17.6 Å². The number of hydrogen-bond donors (Lipinski definition) is 1. The number of sulfone groups is 1. The molecule has 32 heavy (non-hydrogen) atoms. The molecule has 0 spiro atoms. The van der Waals surface area contributed by atoms with E-state index in [0.717, 1.165) is 12.7 Å². The first-order valence-electron chi connectivity index (χ1n) is 11.5. The quantitative estimate of drug-likeness (QED) is 0.486. The van der Waals surface area contributed by atoms with Gasteiger partial charge in [-0.2, -0.15) is 0 Å². The van der Waals surface area contributed by atoms with E-state index in [2.05, 4.69) is 17.1 Å². The minimum absolute atomic E-state index is 0.222. The van der Waals surface area contributed by atoms with Gasteiger partial charge >= 0.3 is 5.22 Å². The van der Waals surface area contributed by atoms with Gasteiger partial charge in [0, 0.05) is 12.7 Å². The molecular weight excluding hydrogens is 446 g/mol. The van der Waals surface area contributed by atoms with Gasteiger partial charge in [-0.1, -0.05) is 64.9 Å². The minimum atomic E-state index is -3.74. The van der Waals surface area contributed by atoms with Crippen LogP contribution in [0.4, 0.5) is 0 Å². The molecular formula is C22H40N3O5SSi. The molecule has 1 fully saturated rings.